The number of hydrogen-bond donors (Lipinski definition) is 1. The van der Waals surface area contributed by atoms with Crippen LogP contribution in [0.3, 0.4) is 0 Å². The zero-order valence-corrected chi connectivity index (χ0v) is 17.3. The third kappa shape index (κ3) is 3.70. The van der Waals surface area contributed by atoms with E-state index < -0.39 is 17.6 Å². The van der Waals surface area contributed by atoms with E-state index in [1.54, 1.807) is 55.5 Å². The Kier molecular flexibility index (Phi) is 5.33. The van der Waals surface area contributed by atoms with Crippen LogP contribution in [0.1, 0.15) is 11.1 Å². The number of amides is 2. The maximum absolute atomic E-state index is 13.7. The van der Waals surface area contributed by atoms with Gasteiger partial charge in [-0.15, -0.1) is 0 Å². The van der Waals surface area contributed by atoms with Crippen LogP contribution in [0.5, 0.6) is 0 Å². The Morgan fingerprint density at radius 3 is 2.23 bits per heavy atom. The van der Waals surface area contributed by atoms with Crippen molar-refractivity contribution in [2.45, 2.75) is 6.92 Å². The third-order valence-electron chi connectivity index (χ3n) is 4.71. The van der Waals surface area contributed by atoms with Gasteiger partial charge in [-0.2, -0.15) is 0 Å². The molecule has 1 N–H and O–H groups in total. The molecule has 0 spiro atoms. The summed E-state index contributed by atoms with van der Waals surface area (Å²) in [4.78, 5) is 27.8. The number of imide groups is 1. The van der Waals surface area contributed by atoms with Gasteiger partial charge in [-0.05, 0) is 66.6 Å². The molecule has 0 bridgehead atoms. The summed E-state index contributed by atoms with van der Waals surface area (Å²) in [6, 6.07) is 17.2. The quantitative estimate of drug-likeness (QED) is 0.518. The number of nitrogens with one attached hydrogen (secondary N) is 1. The predicted octanol–water partition coefficient (Wildman–Crippen LogP) is 5.84. The maximum atomic E-state index is 13.7. The van der Waals surface area contributed by atoms with Crippen LogP contribution in [0.4, 0.5) is 15.8 Å². The summed E-state index contributed by atoms with van der Waals surface area (Å²) in [5.41, 5.74) is 2.21. The zero-order chi connectivity index (χ0) is 21.4. The molecular formula is C23H15Cl2FN2O2. The second kappa shape index (κ2) is 7.94. The SMILES string of the molecule is Cc1cc(Cl)ccc1N1C(=O)C(Nc2cccc(F)c2)=C(c2ccc(Cl)cc2)C1=O. The number of hydrogen-bond acceptors (Lipinski definition) is 3. The summed E-state index contributed by atoms with van der Waals surface area (Å²) in [5, 5.41) is 3.92. The van der Waals surface area contributed by atoms with Gasteiger partial charge in [0.15, 0.2) is 0 Å². The minimum absolute atomic E-state index is 0.0577. The van der Waals surface area contributed by atoms with Crippen LogP contribution in [0.2, 0.25) is 10.0 Å². The van der Waals surface area contributed by atoms with Crippen LogP contribution in [-0.2, 0) is 9.59 Å². The van der Waals surface area contributed by atoms with Crippen molar-refractivity contribution in [2.24, 2.45) is 0 Å². The molecule has 1 aliphatic heterocycles. The number of carbonyl (C=O) groups is 2. The molecule has 1 aliphatic rings. The van der Waals surface area contributed by atoms with Gasteiger partial charge in [0.2, 0.25) is 0 Å². The first-order chi connectivity index (χ1) is 14.3. The molecule has 4 rings (SSSR count). The van der Waals surface area contributed by atoms with Crippen molar-refractivity contribution in [1.82, 2.24) is 0 Å². The molecule has 3 aromatic carbocycles. The summed E-state index contributed by atoms with van der Waals surface area (Å²) >= 11 is 12.0. The smallest absolute Gasteiger partial charge is 0.282 e. The van der Waals surface area contributed by atoms with E-state index in [1.807, 2.05) is 0 Å². The van der Waals surface area contributed by atoms with E-state index in [0.717, 1.165) is 4.90 Å². The fourth-order valence-electron chi connectivity index (χ4n) is 3.33. The highest BCUT2D eigenvalue weighted by Gasteiger charge is 2.40. The van der Waals surface area contributed by atoms with Crippen molar-refractivity contribution in [3.05, 3.63) is 99.4 Å². The van der Waals surface area contributed by atoms with Crippen LogP contribution in [0, 0.1) is 12.7 Å². The van der Waals surface area contributed by atoms with Gasteiger partial charge in [-0.25, -0.2) is 9.29 Å². The molecule has 0 saturated carbocycles. The lowest BCUT2D eigenvalue weighted by atomic mass is 10.0. The van der Waals surface area contributed by atoms with Crippen LogP contribution >= 0.6 is 23.2 Å². The number of aryl methyl sites for hydroxylation is 1. The topological polar surface area (TPSA) is 49.4 Å². The van der Waals surface area contributed by atoms with Gasteiger partial charge in [-0.3, -0.25) is 9.59 Å². The first-order valence-corrected chi connectivity index (χ1v) is 9.78. The molecule has 1 heterocycles. The highest BCUT2D eigenvalue weighted by molar-refractivity contribution is 6.46. The molecule has 30 heavy (non-hydrogen) atoms. The van der Waals surface area contributed by atoms with Crippen molar-refractivity contribution >= 4 is 52.0 Å². The van der Waals surface area contributed by atoms with Gasteiger partial charge in [0.1, 0.15) is 11.5 Å². The maximum Gasteiger partial charge on any atom is 0.282 e. The molecule has 0 aromatic heterocycles. The van der Waals surface area contributed by atoms with Gasteiger partial charge in [0.25, 0.3) is 11.8 Å². The molecular weight excluding hydrogens is 426 g/mol. The van der Waals surface area contributed by atoms with E-state index in [4.69, 9.17) is 23.2 Å². The average molecular weight is 441 g/mol. The Morgan fingerprint density at radius 1 is 0.867 bits per heavy atom. The lowest BCUT2D eigenvalue weighted by Crippen LogP contribution is -2.33. The normalized spacial score (nSPS) is 13.9. The van der Waals surface area contributed by atoms with E-state index in [1.165, 1.54) is 18.2 Å². The fourth-order valence-corrected chi connectivity index (χ4v) is 3.68. The van der Waals surface area contributed by atoms with E-state index in [2.05, 4.69) is 5.32 Å². The molecule has 150 valence electrons. The van der Waals surface area contributed by atoms with E-state index in [9.17, 15) is 14.0 Å². The summed E-state index contributed by atoms with van der Waals surface area (Å²) in [6.45, 7) is 1.77. The lowest BCUT2D eigenvalue weighted by molar-refractivity contribution is -0.120. The van der Waals surface area contributed by atoms with E-state index in [-0.39, 0.29) is 11.3 Å². The minimum Gasteiger partial charge on any atom is -0.350 e. The molecule has 0 fully saturated rings. The summed E-state index contributed by atoms with van der Waals surface area (Å²) in [5.74, 6) is -1.50. The Balaban J connectivity index is 1.84. The standard InChI is InChI=1S/C23H15Cl2FN2O2/c1-13-11-16(25)9-10-19(13)28-22(29)20(14-5-7-15(24)8-6-14)21(23(28)30)27-18-4-2-3-17(26)12-18/h2-12,27H,1H3. The zero-order valence-electron chi connectivity index (χ0n) is 15.7. The first-order valence-electron chi connectivity index (χ1n) is 9.03. The second-order valence-electron chi connectivity index (χ2n) is 6.77. The van der Waals surface area contributed by atoms with Crippen molar-refractivity contribution in [3.63, 3.8) is 0 Å². The second-order valence-corrected chi connectivity index (χ2v) is 7.64. The Hall–Kier alpha value is -3.15. The summed E-state index contributed by atoms with van der Waals surface area (Å²) in [7, 11) is 0. The van der Waals surface area contributed by atoms with Gasteiger partial charge < -0.3 is 5.32 Å². The Bertz CT molecular complexity index is 1210. The number of rotatable bonds is 4. The van der Waals surface area contributed by atoms with Gasteiger partial charge in [0, 0.05) is 15.7 Å². The van der Waals surface area contributed by atoms with Crippen molar-refractivity contribution < 1.29 is 14.0 Å². The van der Waals surface area contributed by atoms with Gasteiger partial charge in [0.05, 0.1) is 11.3 Å². The molecule has 0 atom stereocenters. The van der Waals surface area contributed by atoms with E-state index >= 15 is 0 Å². The van der Waals surface area contributed by atoms with Crippen LogP contribution in [0.25, 0.3) is 5.57 Å². The number of halogens is 3. The van der Waals surface area contributed by atoms with Crippen molar-refractivity contribution in [2.75, 3.05) is 10.2 Å². The van der Waals surface area contributed by atoms with Crippen LogP contribution < -0.4 is 10.2 Å². The Labute approximate surface area is 182 Å². The monoisotopic (exact) mass is 440 g/mol. The summed E-state index contributed by atoms with van der Waals surface area (Å²) < 4.78 is 13.7. The molecule has 0 radical (unpaired) electrons. The number of nitrogens with zero attached hydrogens (tertiary/aromatic N) is 1. The highest BCUT2D eigenvalue weighted by Crippen LogP contribution is 2.36. The molecule has 7 heteroatoms. The average Bonchev–Trinajstić information content (AvgIpc) is 2.93. The van der Waals surface area contributed by atoms with Gasteiger partial charge in [-0.1, -0.05) is 41.4 Å². The van der Waals surface area contributed by atoms with Crippen LogP contribution in [-0.4, -0.2) is 11.8 Å². The molecule has 0 unspecified atom stereocenters. The van der Waals surface area contributed by atoms with E-state index in [0.29, 0.717) is 32.5 Å². The third-order valence-corrected chi connectivity index (χ3v) is 5.20. The summed E-state index contributed by atoms with van der Waals surface area (Å²) in [6.07, 6.45) is 0. The molecule has 4 nitrogen and oxygen atoms in total. The Morgan fingerprint density at radius 2 is 1.57 bits per heavy atom. The number of benzene rings is 3. The molecule has 0 saturated heterocycles. The van der Waals surface area contributed by atoms with Crippen molar-refractivity contribution in [3.8, 4) is 0 Å². The predicted molar refractivity (Wildman–Crippen MR) is 117 cm³/mol. The van der Waals surface area contributed by atoms with Crippen molar-refractivity contribution in [1.29, 1.82) is 0 Å². The van der Waals surface area contributed by atoms with Crippen LogP contribution in [0.15, 0.2) is 72.4 Å². The number of anilines is 2. The largest absolute Gasteiger partial charge is 0.350 e. The fraction of sp³-hybridized carbons (Fsp3) is 0.0435. The molecule has 3 aromatic rings. The molecule has 2 amide bonds. The highest BCUT2D eigenvalue weighted by atomic mass is 35.5. The van der Waals surface area contributed by atoms with Gasteiger partial charge >= 0.3 is 0 Å². The number of carbonyl (C=O) groups excluding carboxylic acids is 2. The lowest BCUT2D eigenvalue weighted by Gasteiger charge is -2.18. The first kappa shape index (κ1) is 20.1. The molecule has 0 aliphatic carbocycles. The minimum atomic E-state index is -0.542.